The summed E-state index contributed by atoms with van der Waals surface area (Å²) in [5, 5.41) is 2.72. The molecule has 0 atom stereocenters. The van der Waals surface area contributed by atoms with Gasteiger partial charge in [-0.2, -0.15) is 4.31 Å². The van der Waals surface area contributed by atoms with E-state index in [0.29, 0.717) is 24.9 Å². The van der Waals surface area contributed by atoms with Gasteiger partial charge in [0.2, 0.25) is 15.9 Å². The van der Waals surface area contributed by atoms with Crippen LogP contribution in [0.15, 0.2) is 45.9 Å². The van der Waals surface area contributed by atoms with Gasteiger partial charge in [0, 0.05) is 26.2 Å². The standard InChI is InChI=1S/C17H19F2N3O4S/c18-13-3-4-15(19)16(10-13)27(24,25)22-7-5-21(6-8-22)12-17(23)20-11-14-2-1-9-26-14/h1-4,9-10H,5-8,11-12H2,(H,20,23). The van der Waals surface area contributed by atoms with Crippen molar-refractivity contribution in [2.45, 2.75) is 11.4 Å². The lowest BCUT2D eigenvalue weighted by Gasteiger charge is -2.33. The average molecular weight is 399 g/mol. The lowest BCUT2D eigenvalue weighted by molar-refractivity contribution is -0.122. The Morgan fingerprint density at radius 1 is 1.15 bits per heavy atom. The van der Waals surface area contributed by atoms with Gasteiger partial charge in [-0.1, -0.05) is 0 Å². The second-order valence-corrected chi connectivity index (χ2v) is 8.02. The molecule has 0 bridgehead atoms. The summed E-state index contributed by atoms with van der Waals surface area (Å²) in [6, 6.07) is 5.81. The molecule has 27 heavy (non-hydrogen) atoms. The Morgan fingerprint density at radius 3 is 2.56 bits per heavy atom. The van der Waals surface area contributed by atoms with Gasteiger partial charge in [-0.3, -0.25) is 9.69 Å². The van der Waals surface area contributed by atoms with Gasteiger partial charge < -0.3 is 9.73 Å². The first kappa shape index (κ1) is 19.5. The topological polar surface area (TPSA) is 82.9 Å². The minimum atomic E-state index is -4.13. The molecule has 10 heteroatoms. The number of halogens is 2. The van der Waals surface area contributed by atoms with E-state index >= 15 is 0 Å². The summed E-state index contributed by atoms with van der Waals surface area (Å²) in [6.45, 7) is 1.18. The summed E-state index contributed by atoms with van der Waals surface area (Å²) in [5.41, 5.74) is 0. The summed E-state index contributed by atoms with van der Waals surface area (Å²) >= 11 is 0. The first-order valence-corrected chi connectivity index (χ1v) is 9.77. The fraction of sp³-hybridized carbons (Fsp3) is 0.353. The molecular weight excluding hydrogens is 380 g/mol. The number of nitrogens with one attached hydrogen (secondary N) is 1. The molecule has 0 saturated carbocycles. The zero-order valence-electron chi connectivity index (χ0n) is 14.4. The predicted molar refractivity (Wildman–Crippen MR) is 92.1 cm³/mol. The lowest BCUT2D eigenvalue weighted by atomic mass is 10.3. The second kappa shape index (κ2) is 8.15. The number of carbonyl (C=O) groups excluding carboxylic acids is 1. The van der Waals surface area contributed by atoms with E-state index in [1.807, 2.05) is 0 Å². The third-order valence-corrected chi connectivity index (χ3v) is 6.16. The molecule has 0 radical (unpaired) electrons. The molecule has 3 rings (SSSR count). The molecular formula is C17H19F2N3O4S. The normalized spacial score (nSPS) is 16.4. The highest BCUT2D eigenvalue weighted by molar-refractivity contribution is 7.89. The summed E-state index contributed by atoms with van der Waals surface area (Å²) < 4.78 is 58.4. The Bertz CT molecular complexity index is 895. The Morgan fingerprint density at radius 2 is 1.89 bits per heavy atom. The van der Waals surface area contributed by atoms with Crippen LogP contribution in [0.4, 0.5) is 8.78 Å². The molecule has 1 saturated heterocycles. The fourth-order valence-electron chi connectivity index (χ4n) is 2.80. The van der Waals surface area contributed by atoms with Crippen molar-refractivity contribution in [3.8, 4) is 0 Å². The van der Waals surface area contributed by atoms with Crippen molar-refractivity contribution in [3.05, 3.63) is 54.0 Å². The van der Waals surface area contributed by atoms with Crippen LogP contribution in [0, 0.1) is 11.6 Å². The minimum absolute atomic E-state index is 0.0871. The van der Waals surface area contributed by atoms with Crippen molar-refractivity contribution in [1.29, 1.82) is 0 Å². The van der Waals surface area contributed by atoms with Gasteiger partial charge in [0.05, 0.1) is 19.4 Å². The number of amides is 1. The predicted octanol–water partition coefficient (Wildman–Crippen LogP) is 1.18. The Labute approximate surface area is 155 Å². The van der Waals surface area contributed by atoms with E-state index in [-0.39, 0.29) is 32.1 Å². The van der Waals surface area contributed by atoms with Crippen molar-refractivity contribution in [2.75, 3.05) is 32.7 Å². The monoisotopic (exact) mass is 399 g/mol. The van der Waals surface area contributed by atoms with E-state index in [4.69, 9.17) is 4.42 Å². The minimum Gasteiger partial charge on any atom is -0.467 e. The number of sulfonamides is 1. The number of benzene rings is 1. The zero-order valence-corrected chi connectivity index (χ0v) is 15.2. The molecule has 1 aromatic heterocycles. The fourth-order valence-corrected chi connectivity index (χ4v) is 4.30. The Balaban J connectivity index is 1.53. The van der Waals surface area contributed by atoms with Gasteiger partial charge in [-0.15, -0.1) is 0 Å². The highest BCUT2D eigenvalue weighted by Crippen LogP contribution is 2.21. The zero-order chi connectivity index (χ0) is 19.4. The van der Waals surface area contributed by atoms with Crippen LogP contribution in [0.25, 0.3) is 0 Å². The SMILES string of the molecule is O=C(CN1CCN(S(=O)(=O)c2cc(F)ccc2F)CC1)NCc1ccco1. The third kappa shape index (κ3) is 4.71. The van der Waals surface area contributed by atoms with Crippen molar-refractivity contribution in [1.82, 2.24) is 14.5 Å². The number of piperazine rings is 1. The van der Waals surface area contributed by atoms with Gasteiger partial charge in [0.15, 0.2) is 0 Å². The van der Waals surface area contributed by atoms with Crippen LogP contribution in [-0.2, 0) is 21.4 Å². The molecule has 146 valence electrons. The van der Waals surface area contributed by atoms with Crippen LogP contribution in [0.2, 0.25) is 0 Å². The molecule has 7 nitrogen and oxygen atoms in total. The molecule has 1 fully saturated rings. The second-order valence-electron chi connectivity index (χ2n) is 6.11. The maximum atomic E-state index is 13.8. The largest absolute Gasteiger partial charge is 0.467 e. The summed E-state index contributed by atoms with van der Waals surface area (Å²) in [4.78, 5) is 13.1. The van der Waals surface area contributed by atoms with Crippen molar-refractivity contribution < 1.29 is 26.4 Å². The van der Waals surface area contributed by atoms with Gasteiger partial charge >= 0.3 is 0 Å². The Hall–Kier alpha value is -2.30. The van der Waals surface area contributed by atoms with Crippen LogP contribution in [0.1, 0.15) is 5.76 Å². The maximum Gasteiger partial charge on any atom is 0.246 e. The molecule has 1 amide bonds. The number of nitrogens with zero attached hydrogens (tertiary/aromatic N) is 2. The maximum absolute atomic E-state index is 13.8. The highest BCUT2D eigenvalue weighted by atomic mass is 32.2. The van der Waals surface area contributed by atoms with Crippen LogP contribution in [0.3, 0.4) is 0 Å². The summed E-state index contributed by atoms with van der Waals surface area (Å²) in [6.07, 6.45) is 1.52. The van der Waals surface area contributed by atoms with Crippen LogP contribution < -0.4 is 5.32 Å². The highest BCUT2D eigenvalue weighted by Gasteiger charge is 2.31. The van der Waals surface area contributed by atoms with Gasteiger partial charge in [0.1, 0.15) is 22.3 Å². The number of hydrogen-bond acceptors (Lipinski definition) is 5. The Kier molecular flexibility index (Phi) is 5.88. The van der Waals surface area contributed by atoms with Crippen molar-refractivity contribution in [3.63, 3.8) is 0 Å². The van der Waals surface area contributed by atoms with Crippen LogP contribution in [0.5, 0.6) is 0 Å². The van der Waals surface area contributed by atoms with E-state index in [0.717, 1.165) is 16.4 Å². The number of carbonyl (C=O) groups is 1. The van der Waals surface area contributed by atoms with Crippen molar-refractivity contribution in [2.24, 2.45) is 0 Å². The molecule has 1 aliphatic heterocycles. The van der Waals surface area contributed by atoms with Crippen LogP contribution in [-0.4, -0.2) is 56.3 Å². The van der Waals surface area contributed by atoms with Gasteiger partial charge in [-0.05, 0) is 30.3 Å². The van der Waals surface area contributed by atoms with Crippen LogP contribution >= 0.6 is 0 Å². The first-order chi connectivity index (χ1) is 12.9. The molecule has 0 spiro atoms. The molecule has 1 aromatic carbocycles. The van der Waals surface area contributed by atoms with Crippen molar-refractivity contribution >= 4 is 15.9 Å². The molecule has 0 unspecified atom stereocenters. The van der Waals surface area contributed by atoms with E-state index in [9.17, 15) is 22.0 Å². The van der Waals surface area contributed by atoms with Gasteiger partial charge in [-0.25, -0.2) is 17.2 Å². The molecule has 0 aliphatic carbocycles. The number of furan rings is 1. The number of rotatable bonds is 6. The first-order valence-electron chi connectivity index (χ1n) is 8.33. The van der Waals surface area contributed by atoms with E-state index < -0.39 is 26.6 Å². The third-order valence-electron chi connectivity index (χ3n) is 4.25. The molecule has 2 aromatic rings. The molecule has 1 N–H and O–H groups in total. The van der Waals surface area contributed by atoms with E-state index in [2.05, 4.69) is 5.32 Å². The molecule has 2 heterocycles. The quantitative estimate of drug-likeness (QED) is 0.789. The van der Waals surface area contributed by atoms with E-state index in [1.54, 1.807) is 17.0 Å². The smallest absolute Gasteiger partial charge is 0.246 e. The summed E-state index contributed by atoms with van der Waals surface area (Å²) in [5.74, 6) is -1.38. The lowest BCUT2D eigenvalue weighted by Crippen LogP contribution is -2.51. The van der Waals surface area contributed by atoms with Gasteiger partial charge in [0.25, 0.3) is 0 Å². The average Bonchev–Trinajstić information content (AvgIpc) is 3.16. The van der Waals surface area contributed by atoms with E-state index in [1.165, 1.54) is 6.26 Å². The summed E-state index contributed by atoms with van der Waals surface area (Å²) in [7, 11) is -4.13. The molecule has 1 aliphatic rings. The number of hydrogen-bond donors (Lipinski definition) is 1.